The second-order valence-corrected chi connectivity index (χ2v) is 11.3. The lowest BCUT2D eigenvalue weighted by Gasteiger charge is -2.62. The average molecular weight is 419 g/mol. The van der Waals surface area contributed by atoms with Gasteiger partial charge in [0.05, 0.1) is 5.41 Å². The number of rotatable bonds is 4. The van der Waals surface area contributed by atoms with Crippen LogP contribution in [0.15, 0.2) is 53.6 Å². The van der Waals surface area contributed by atoms with E-state index in [2.05, 4.69) is 61.6 Å². The first-order valence-corrected chi connectivity index (χ1v) is 12.4. The molecule has 5 aliphatic carbocycles. The Labute approximate surface area is 187 Å². The van der Waals surface area contributed by atoms with Crippen LogP contribution in [0, 0.1) is 17.3 Å². The van der Waals surface area contributed by atoms with E-state index in [0.717, 1.165) is 44.9 Å². The second-order valence-electron chi connectivity index (χ2n) is 11.3. The summed E-state index contributed by atoms with van der Waals surface area (Å²) >= 11 is 0. The van der Waals surface area contributed by atoms with E-state index in [1.54, 1.807) is 5.57 Å². The first-order valence-electron chi connectivity index (χ1n) is 12.4. The third kappa shape index (κ3) is 3.80. The van der Waals surface area contributed by atoms with E-state index in [1.165, 1.54) is 24.0 Å². The van der Waals surface area contributed by atoms with Crippen molar-refractivity contribution in [3.63, 3.8) is 0 Å². The highest BCUT2D eigenvalue weighted by Gasteiger charge is 2.62. The van der Waals surface area contributed by atoms with Gasteiger partial charge < -0.3 is 11.1 Å². The Hall–Kier alpha value is -1.87. The van der Waals surface area contributed by atoms with Gasteiger partial charge in [0.2, 0.25) is 5.91 Å². The highest BCUT2D eigenvalue weighted by Crippen LogP contribution is 2.67. The number of nitrogens with two attached hydrogens (primary N) is 1. The predicted molar refractivity (Wildman–Crippen MR) is 127 cm³/mol. The van der Waals surface area contributed by atoms with Crippen LogP contribution >= 0.6 is 0 Å². The van der Waals surface area contributed by atoms with Crippen molar-refractivity contribution < 1.29 is 4.79 Å². The molecule has 2 unspecified atom stereocenters. The smallest absolute Gasteiger partial charge is 0.226 e. The highest BCUT2D eigenvalue weighted by atomic mass is 16.2. The zero-order chi connectivity index (χ0) is 21.6. The van der Waals surface area contributed by atoms with E-state index < -0.39 is 0 Å². The third-order valence-corrected chi connectivity index (χ3v) is 8.75. The second kappa shape index (κ2) is 7.92. The van der Waals surface area contributed by atoms with Gasteiger partial charge in [-0.25, -0.2) is 0 Å². The number of benzene rings is 1. The van der Waals surface area contributed by atoms with Gasteiger partial charge in [0.25, 0.3) is 0 Å². The Morgan fingerprint density at radius 3 is 2.26 bits per heavy atom. The van der Waals surface area contributed by atoms with E-state index in [-0.39, 0.29) is 10.8 Å². The minimum absolute atomic E-state index is 0.154. The van der Waals surface area contributed by atoms with Crippen LogP contribution in [0.5, 0.6) is 0 Å². The van der Waals surface area contributed by atoms with Crippen molar-refractivity contribution >= 4 is 5.91 Å². The molecule has 0 aliphatic heterocycles. The largest absolute Gasteiger partial charge is 0.353 e. The molecule has 0 heterocycles. The minimum atomic E-state index is -0.205. The maximum absolute atomic E-state index is 13.8. The number of hydrogen-bond acceptors (Lipinski definition) is 2. The van der Waals surface area contributed by atoms with Crippen molar-refractivity contribution in [3.05, 3.63) is 59.2 Å². The quantitative estimate of drug-likeness (QED) is 0.686. The van der Waals surface area contributed by atoms with E-state index in [0.29, 0.717) is 29.8 Å². The van der Waals surface area contributed by atoms with Gasteiger partial charge in [0, 0.05) is 12.1 Å². The molecule has 3 heteroatoms. The molecule has 4 bridgehead atoms. The summed E-state index contributed by atoms with van der Waals surface area (Å²) in [6, 6.07) is 11.7. The molecule has 1 aromatic rings. The summed E-state index contributed by atoms with van der Waals surface area (Å²) in [6.07, 6.45) is 14.3. The lowest BCUT2D eigenvalue weighted by atomic mass is 9.41. The van der Waals surface area contributed by atoms with Crippen LogP contribution in [0.4, 0.5) is 0 Å². The molecular weight excluding hydrogens is 380 g/mol. The first kappa shape index (κ1) is 21.0. The monoisotopic (exact) mass is 418 g/mol. The molecule has 6 rings (SSSR count). The van der Waals surface area contributed by atoms with Crippen LogP contribution in [0.1, 0.15) is 77.2 Å². The van der Waals surface area contributed by atoms with Gasteiger partial charge in [-0.2, -0.15) is 0 Å². The predicted octanol–water partition coefficient (Wildman–Crippen LogP) is 5.41. The fraction of sp³-hybridized carbons (Fsp3) is 0.607. The third-order valence-electron chi connectivity index (χ3n) is 8.75. The molecule has 1 amide bonds. The van der Waals surface area contributed by atoms with Crippen LogP contribution in [0.25, 0.3) is 0 Å². The molecule has 3 nitrogen and oxygen atoms in total. The molecule has 1 aromatic carbocycles. The fourth-order valence-electron chi connectivity index (χ4n) is 7.47. The Morgan fingerprint density at radius 2 is 1.65 bits per heavy atom. The lowest BCUT2D eigenvalue weighted by molar-refractivity contribution is -0.145. The molecule has 5 saturated carbocycles. The highest BCUT2D eigenvalue weighted by molar-refractivity contribution is 5.84. The van der Waals surface area contributed by atoms with Crippen molar-refractivity contribution in [1.82, 2.24) is 5.32 Å². The Morgan fingerprint density at radius 1 is 1.00 bits per heavy atom. The van der Waals surface area contributed by atoms with Gasteiger partial charge in [-0.15, -0.1) is 0 Å². The summed E-state index contributed by atoms with van der Waals surface area (Å²) in [7, 11) is 0. The average Bonchev–Trinajstić information content (AvgIpc) is 2.75. The molecule has 0 radical (unpaired) electrons. The Balaban J connectivity index is 1.46. The van der Waals surface area contributed by atoms with Gasteiger partial charge in [0.1, 0.15) is 0 Å². The maximum Gasteiger partial charge on any atom is 0.226 e. The van der Waals surface area contributed by atoms with Gasteiger partial charge in [-0.05, 0) is 94.4 Å². The fourth-order valence-corrected chi connectivity index (χ4v) is 7.47. The minimum Gasteiger partial charge on any atom is -0.353 e. The summed E-state index contributed by atoms with van der Waals surface area (Å²) < 4.78 is 0. The van der Waals surface area contributed by atoms with Crippen LogP contribution in [-0.2, 0) is 10.2 Å². The number of carbonyl (C=O) groups excluding carboxylic acids is 1. The lowest BCUT2D eigenvalue weighted by Crippen LogP contribution is -2.60. The molecule has 2 atom stereocenters. The van der Waals surface area contributed by atoms with Crippen LogP contribution < -0.4 is 11.1 Å². The summed E-state index contributed by atoms with van der Waals surface area (Å²) in [5.41, 5.74) is 10.5. The van der Waals surface area contributed by atoms with Crippen molar-refractivity contribution in [1.29, 1.82) is 0 Å². The Bertz CT molecular complexity index is 869. The van der Waals surface area contributed by atoms with Crippen molar-refractivity contribution in [2.45, 2.75) is 89.1 Å². The van der Waals surface area contributed by atoms with Crippen LogP contribution in [-0.4, -0.2) is 18.0 Å². The van der Waals surface area contributed by atoms with Crippen LogP contribution in [0.3, 0.4) is 0 Å². The zero-order valence-electron chi connectivity index (χ0n) is 19.2. The van der Waals surface area contributed by atoms with Gasteiger partial charge in [-0.1, -0.05) is 53.6 Å². The standard InChI is InChI=1S/C28H38N2O/c1-19(2)8-13-25-20-14-27(22-6-4-3-5-7-22)15-21(25)17-28(16-20,18-27)26(31)30-24-11-9-23(29)10-12-24/h3-8,13,20-21,23-24H,9-12,14-18,29H2,1-2H3,(H,30,31). The Kier molecular flexibility index (Phi) is 5.37. The topological polar surface area (TPSA) is 55.1 Å². The number of carbonyl (C=O) groups is 1. The molecule has 0 spiro atoms. The summed E-state index contributed by atoms with van der Waals surface area (Å²) in [5, 5.41) is 3.50. The number of nitrogens with one attached hydrogen (secondary N) is 1. The molecule has 31 heavy (non-hydrogen) atoms. The number of allylic oxidation sites excluding steroid dienone is 4. The number of hydrogen-bond donors (Lipinski definition) is 2. The van der Waals surface area contributed by atoms with E-state index in [1.807, 2.05) is 0 Å². The summed E-state index contributed by atoms with van der Waals surface area (Å²) in [6.45, 7) is 4.34. The van der Waals surface area contributed by atoms with Gasteiger partial charge in [-0.3, -0.25) is 4.79 Å². The van der Waals surface area contributed by atoms with Gasteiger partial charge in [0.15, 0.2) is 0 Å². The van der Waals surface area contributed by atoms with Crippen molar-refractivity contribution in [2.24, 2.45) is 23.0 Å². The normalized spacial score (nSPS) is 38.6. The molecular formula is C28H38N2O. The van der Waals surface area contributed by atoms with Crippen molar-refractivity contribution in [2.75, 3.05) is 0 Å². The van der Waals surface area contributed by atoms with E-state index in [9.17, 15) is 4.79 Å². The zero-order valence-corrected chi connectivity index (χ0v) is 19.2. The molecule has 0 aromatic heterocycles. The van der Waals surface area contributed by atoms with E-state index >= 15 is 0 Å². The van der Waals surface area contributed by atoms with Crippen LogP contribution in [0.2, 0.25) is 0 Å². The molecule has 5 fully saturated rings. The van der Waals surface area contributed by atoms with Crippen molar-refractivity contribution in [3.8, 4) is 0 Å². The number of amides is 1. The summed E-state index contributed by atoms with van der Waals surface area (Å²) in [4.78, 5) is 13.8. The molecule has 5 aliphatic rings. The molecule has 0 saturated heterocycles. The SMILES string of the molecule is CC(C)=CC=C1C2CC3(C(=O)NC4CCC(N)CC4)CC1CC(c1ccccc1)(C2)C3. The maximum atomic E-state index is 13.8. The summed E-state index contributed by atoms with van der Waals surface area (Å²) in [5.74, 6) is 1.40. The first-order chi connectivity index (χ1) is 14.9. The molecule has 166 valence electrons. The van der Waals surface area contributed by atoms with Gasteiger partial charge >= 0.3 is 0 Å². The molecule has 3 N–H and O–H groups in total. The van der Waals surface area contributed by atoms with E-state index in [4.69, 9.17) is 5.73 Å².